The zero-order valence-electron chi connectivity index (χ0n) is 17.9. The fourth-order valence-electron chi connectivity index (χ4n) is 3.05. The van der Waals surface area contributed by atoms with E-state index in [9.17, 15) is 4.79 Å². The first kappa shape index (κ1) is 21.2. The summed E-state index contributed by atoms with van der Waals surface area (Å²) < 4.78 is 16.2. The van der Waals surface area contributed by atoms with Crippen LogP contribution in [0.3, 0.4) is 0 Å². The second kappa shape index (κ2) is 9.86. The Morgan fingerprint density at radius 3 is 2.56 bits per heavy atom. The molecule has 4 rings (SSSR count). The van der Waals surface area contributed by atoms with Crippen LogP contribution in [0.5, 0.6) is 5.75 Å². The molecular formula is C23H23N5O4. The molecule has 164 valence electrons. The maximum atomic E-state index is 12.3. The number of aromatic nitrogens is 5. The maximum Gasteiger partial charge on any atom is 0.338 e. The number of rotatable bonds is 9. The van der Waals surface area contributed by atoms with E-state index in [1.54, 1.807) is 24.3 Å². The molecule has 2 aromatic heterocycles. The average molecular weight is 433 g/mol. The fraction of sp³-hybridized carbons (Fsp3) is 0.261. The van der Waals surface area contributed by atoms with Gasteiger partial charge in [0.2, 0.25) is 5.82 Å². The number of benzene rings is 2. The Bertz CT molecular complexity index is 1150. The lowest BCUT2D eigenvalue weighted by molar-refractivity contribution is 0.0493. The zero-order valence-corrected chi connectivity index (χ0v) is 17.9. The van der Waals surface area contributed by atoms with Gasteiger partial charge in [-0.2, -0.15) is 4.80 Å². The minimum atomic E-state index is -0.390. The summed E-state index contributed by atoms with van der Waals surface area (Å²) in [7, 11) is 0. The lowest BCUT2D eigenvalue weighted by atomic mass is 10.2. The number of ether oxygens (including phenoxy) is 2. The number of aryl methyl sites for hydroxylation is 3. The quantitative estimate of drug-likeness (QED) is 0.290. The smallest absolute Gasteiger partial charge is 0.338 e. The van der Waals surface area contributed by atoms with Gasteiger partial charge < -0.3 is 14.0 Å². The van der Waals surface area contributed by atoms with Crippen LogP contribution in [0.2, 0.25) is 0 Å². The van der Waals surface area contributed by atoms with Crippen LogP contribution in [0.4, 0.5) is 0 Å². The molecule has 0 N–H and O–H groups in total. The van der Waals surface area contributed by atoms with Crippen molar-refractivity contribution in [2.45, 2.75) is 33.4 Å². The van der Waals surface area contributed by atoms with Crippen LogP contribution in [0.15, 0.2) is 59.1 Å². The summed E-state index contributed by atoms with van der Waals surface area (Å²) >= 11 is 0. The molecule has 9 heteroatoms. The van der Waals surface area contributed by atoms with Gasteiger partial charge in [-0.1, -0.05) is 35.5 Å². The third-order valence-electron chi connectivity index (χ3n) is 4.87. The lowest BCUT2D eigenvalue weighted by Gasteiger charge is -2.07. The van der Waals surface area contributed by atoms with Crippen LogP contribution in [0, 0.1) is 13.8 Å². The Kier molecular flexibility index (Phi) is 6.54. The first-order chi connectivity index (χ1) is 15.6. The number of carbonyl (C=O) groups excluding carboxylic acids is 1. The summed E-state index contributed by atoms with van der Waals surface area (Å²) in [6, 6.07) is 16.5. The molecule has 0 unspecified atom stereocenters. The van der Waals surface area contributed by atoms with E-state index in [0.717, 1.165) is 22.6 Å². The summed E-state index contributed by atoms with van der Waals surface area (Å²) in [5, 5.41) is 16.3. The Morgan fingerprint density at radius 2 is 1.84 bits per heavy atom. The SMILES string of the molecule is Cc1noc(C)c1COc1ccc(C(=O)OCCCn2nnc(-c3ccccc3)n2)cc1. The second-order valence-electron chi connectivity index (χ2n) is 7.18. The van der Waals surface area contributed by atoms with Gasteiger partial charge in [-0.15, -0.1) is 10.2 Å². The fourth-order valence-corrected chi connectivity index (χ4v) is 3.05. The summed E-state index contributed by atoms with van der Waals surface area (Å²) in [4.78, 5) is 13.8. The first-order valence-electron chi connectivity index (χ1n) is 10.2. The lowest BCUT2D eigenvalue weighted by Crippen LogP contribution is -2.10. The molecule has 4 aromatic rings. The van der Waals surface area contributed by atoms with Crippen molar-refractivity contribution in [3.63, 3.8) is 0 Å². The third-order valence-corrected chi connectivity index (χ3v) is 4.87. The largest absolute Gasteiger partial charge is 0.489 e. The number of esters is 1. The number of hydrogen-bond acceptors (Lipinski definition) is 8. The maximum absolute atomic E-state index is 12.3. The molecule has 0 radical (unpaired) electrons. The van der Waals surface area contributed by atoms with Gasteiger partial charge in [-0.3, -0.25) is 0 Å². The van der Waals surface area contributed by atoms with Crippen molar-refractivity contribution in [3.8, 4) is 17.1 Å². The number of hydrogen-bond donors (Lipinski definition) is 0. The second-order valence-corrected chi connectivity index (χ2v) is 7.18. The summed E-state index contributed by atoms with van der Waals surface area (Å²) in [5.74, 6) is 1.56. The topological polar surface area (TPSA) is 105 Å². The van der Waals surface area contributed by atoms with Crippen LogP contribution in [-0.2, 0) is 17.9 Å². The molecule has 2 heterocycles. The molecule has 0 aliphatic rings. The molecule has 0 bridgehead atoms. The molecule has 0 saturated carbocycles. The summed E-state index contributed by atoms with van der Waals surface area (Å²) in [5.41, 5.74) is 3.09. The highest BCUT2D eigenvalue weighted by molar-refractivity contribution is 5.89. The van der Waals surface area contributed by atoms with Gasteiger partial charge in [-0.25, -0.2) is 4.79 Å². The average Bonchev–Trinajstić information content (AvgIpc) is 3.42. The summed E-state index contributed by atoms with van der Waals surface area (Å²) in [6.07, 6.45) is 0.578. The molecule has 0 fully saturated rings. The van der Waals surface area contributed by atoms with Crippen molar-refractivity contribution in [2.75, 3.05) is 6.61 Å². The van der Waals surface area contributed by atoms with Crippen molar-refractivity contribution < 1.29 is 18.8 Å². The normalized spacial score (nSPS) is 10.8. The van der Waals surface area contributed by atoms with E-state index in [1.165, 1.54) is 4.80 Å². The standard InChI is InChI=1S/C23H23N5O4/c1-16-21(17(2)32-26-16)15-31-20-11-9-19(10-12-20)23(29)30-14-6-13-28-25-22(24-27-28)18-7-4-3-5-8-18/h3-5,7-12H,6,13-15H2,1-2H3. The van der Waals surface area contributed by atoms with E-state index in [1.807, 2.05) is 44.2 Å². The van der Waals surface area contributed by atoms with Crippen molar-refractivity contribution in [3.05, 3.63) is 77.2 Å². The van der Waals surface area contributed by atoms with E-state index in [2.05, 4.69) is 20.6 Å². The van der Waals surface area contributed by atoms with Crippen LogP contribution in [0.25, 0.3) is 11.4 Å². The zero-order chi connectivity index (χ0) is 22.3. The minimum Gasteiger partial charge on any atom is -0.489 e. The third kappa shape index (κ3) is 5.18. The van der Waals surface area contributed by atoms with Gasteiger partial charge >= 0.3 is 5.97 Å². The minimum absolute atomic E-state index is 0.255. The predicted molar refractivity (Wildman–Crippen MR) is 115 cm³/mol. The number of carbonyl (C=O) groups is 1. The molecule has 0 aliphatic heterocycles. The molecule has 32 heavy (non-hydrogen) atoms. The van der Waals surface area contributed by atoms with Gasteiger partial charge in [0.05, 0.1) is 30.0 Å². The van der Waals surface area contributed by atoms with Crippen molar-refractivity contribution in [1.29, 1.82) is 0 Å². The molecule has 0 spiro atoms. The van der Waals surface area contributed by atoms with E-state index < -0.39 is 5.97 Å². The van der Waals surface area contributed by atoms with Crippen LogP contribution >= 0.6 is 0 Å². The Balaban J connectivity index is 1.21. The highest BCUT2D eigenvalue weighted by Crippen LogP contribution is 2.18. The van der Waals surface area contributed by atoms with E-state index in [4.69, 9.17) is 14.0 Å². The molecule has 0 amide bonds. The first-order valence-corrected chi connectivity index (χ1v) is 10.2. The summed E-state index contributed by atoms with van der Waals surface area (Å²) in [6.45, 7) is 4.83. The van der Waals surface area contributed by atoms with Crippen LogP contribution in [-0.4, -0.2) is 37.9 Å². The predicted octanol–water partition coefficient (Wildman–Crippen LogP) is 3.77. The van der Waals surface area contributed by atoms with Crippen LogP contribution < -0.4 is 4.74 Å². The van der Waals surface area contributed by atoms with Gasteiger partial charge in [0.15, 0.2) is 0 Å². The van der Waals surface area contributed by atoms with Gasteiger partial charge in [-0.05, 0) is 43.3 Å². The molecule has 0 aliphatic carbocycles. The van der Waals surface area contributed by atoms with Gasteiger partial charge in [0.25, 0.3) is 0 Å². The Labute approximate surface area is 184 Å². The number of tetrazole rings is 1. The molecule has 9 nitrogen and oxygen atoms in total. The molecular weight excluding hydrogens is 410 g/mol. The molecule has 0 atom stereocenters. The van der Waals surface area contributed by atoms with E-state index >= 15 is 0 Å². The monoisotopic (exact) mass is 433 g/mol. The molecule has 0 saturated heterocycles. The van der Waals surface area contributed by atoms with E-state index in [-0.39, 0.29) is 6.61 Å². The Morgan fingerprint density at radius 1 is 1.06 bits per heavy atom. The number of nitrogens with zero attached hydrogens (tertiary/aromatic N) is 5. The van der Waals surface area contributed by atoms with Crippen LogP contribution in [0.1, 0.15) is 33.8 Å². The van der Waals surface area contributed by atoms with Gasteiger partial charge in [0, 0.05) is 12.0 Å². The van der Waals surface area contributed by atoms with Crippen molar-refractivity contribution >= 4 is 5.97 Å². The molecule has 2 aromatic carbocycles. The highest BCUT2D eigenvalue weighted by atomic mass is 16.5. The Hall–Kier alpha value is -4.01. The van der Waals surface area contributed by atoms with Crippen molar-refractivity contribution in [2.24, 2.45) is 0 Å². The highest BCUT2D eigenvalue weighted by Gasteiger charge is 2.11. The van der Waals surface area contributed by atoms with E-state index in [0.29, 0.717) is 36.7 Å². The van der Waals surface area contributed by atoms with Gasteiger partial charge in [0.1, 0.15) is 18.1 Å². The van der Waals surface area contributed by atoms with Crippen molar-refractivity contribution in [1.82, 2.24) is 25.4 Å².